The zero-order valence-corrected chi connectivity index (χ0v) is 21.6. The fourth-order valence-electron chi connectivity index (χ4n) is 5.85. The standard InChI is InChI=1S/C23H30F2O12S/c1-3-8-22(9-4-5-10-22)37-21(29)15-14-16-19(36-20(14)28)18(17(15)35-16)34-13(27)7-6-12(26)33-11(2)23(24,25)38(30,31)32/h11,14-19H,3-10H2,1-2H3,(H,30,31,32). The quantitative estimate of drug-likeness (QED) is 0.218. The van der Waals surface area contributed by atoms with Crippen molar-refractivity contribution in [1.82, 2.24) is 0 Å². The highest BCUT2D eigenvalue weighted by Gasteiger charge is 2.72. The number of carbonyl (C=O) groups is 4. The van der Waals surface area contributed by atoms with Crippen LogP contribution in [0.25, 0.3) is 0 Å². The number of halogens is 2. The first-order valence-corrected chi connectivity index (χ1v) is 14.0. The van der Waals surface area contributed by atoms with Crippen LogP contribution in [-0.4, -0.2) is 78.2 Å². The fourth-order valence-corrected chi connectivity index (χ4v) is 6.32. The molecule has 15 heteroatoms. The summed E-state index contributed by atoms with van der Waals surface area (Å²) in [5.41, 5.74) is -0.606. The van der Waals surface area contributed by atoms with Crippen LogP contribution in [0.5, 0.6) is 0 Å². The van der Waals surface area contributed by atoms with Gasteiger partial charge in [0.1, 0.15) is 29.6 Å². The summed E-state index contributed by atoms with van der Waals surface area (Å²) in [5, 5.41) is -4.75. The summed E-state index contributed by atoms with van der Waals surface area (Å²) in [7, 11) is -5.83. The SMILES string of the molecule is CCCC1(OC(=O)C2C3OC4C(OC(=O)C42)C3OC(=O)CCC(=O)OC(C)C(F)(F)S(=O)(=O)O)CCCC1. The molecule has 0 amide bonds. The Hall–Kier alpha value is -2.39. The van der Waals surface area contributed by atoms with Crippen molar-refractivity contribution in [2.75, 3.05) is 0 Å². The van der Waals surface area contributed by atoms with Crippen molar-refractivity contribution >= 4 is 34.0 Å². The molecule has 1 saturated carbocycles. The second kappa shape index (κ2) is 10.3. The fraction of sp³-hybridized carbons (Fsp3) is 0.826. The molecule has 7 atom stereocenters. The summed E-state index contributed by atoms with van der Waals surface area (Å²) >= 11 is 0. The van der Waals surface area contributed by atoms with Crippen molar-refractivity contribution < 1.29 is 64.6 Å². The molecule has 2 bridgehead atoms. The van der Waals surface area contributed by atoms with E-state index in [-0.39, 0.29) is 0 Å². The molecule has 4 fully saturated rings. The van der Waals surface area contributed by atoms with E-state index in [0.29, 0.717) is 13.3 Å². The molecule has 3 heterocycles. The van der Waals surface area contributed by atoms with E-state index in [4.69, 9.17) is 23.5 Å². The third kappa shape index (κ3) is 5.11. The first-order chi connectivity index (χ1) is 17.7. The number of ether oxygens (including phenoxy) is 5. The summed E-state index contributed by atoms with van der Waals surface area (Å²) in [5.74, 6) is -5.51. The molecule has 1 N–H and O–H groups in total. The van der Waals surface area contributed by atoms with Crippen LogP contribution in [0, 0.1) is 11.8 Å². The minimum absolute atomic E-state index is 0.566. The Bertz CT molecular complexity index is 1090. The topological polar surface area (TPSA) is 169 Å². The zero-order chi connectivity index (χ0) is 28.0. The normalized spacial score (nSPS) is 32.1. The van der Waals surface area contributed by atoms with Gasteiger partial charge in [-0.1, -0.05) is 13.3 Å². The van der Waals surface area contributed by atoms with Gasteiger partial charge in [0.25, 0.3) is 0 Å². The summed E-state index contributed by atoms with van der Waals surface area (Å²) in [6, 6.07) is 0. The third-order valence-electron chi connectivity index (χ3n) is 7.64. The lowest BCUT2D eigenvalue weighted by molar-refractivity contribution is -0.174. The Balaban J connectivity index is 1.36. The van der Waals surface area contributed by atoms with Gasteiger partial charge in [-0.25, -0.2) is 0 Å². The van der Waals surface area contributed by atoms with Crippen LogP contribution in [0.4, 0.5) is 8.78 Å². The second-order valence-corrected chi connectivity index (χ2v) is 11.7. The van der Waals surface area contributed by atoms with Crippen LogP contribution in [0.3, 0.4) is 0 Å². The maximum Gasteiger partial charge on any atom is 0.405 e. The van der Waals surface area contributed by atoms with Crippen molar-refractivity contribution in [2.24, 2.45) is 11.8 Å². The molecule has 4 rings (SSSR count). The Morgan fingerprint density at radius 3 is 2.37 bits per heavy atom. The van der Waals surface area contributed by atoms with Gasteiger partial charge >= 0.3 is 39.2 Å². The van der Waals surface area contributed by atoms with E-state index in [1.807, 2.05) is 6.92 Å². The lowest BCUT2D eigenvalue weighted by Crippen LogP contribution is -2.49. The number of esters is 4. The molecular weight excluding hydrogens is 538 g/mol. The van der Waals surface area contributed by atoms with E-state index >= 15 is 0 Å². The van der Waals surface area contributed by atoms with Gasteiger partial charge in [-0.2, -0.15) is 17.2 Å². The molecule has 0 spiro atoms. The van der Waals surface area contributed by atoms with Gasteiger partial charge in [0, 0.05) is 0 Å². The summed E-state index contributed by atoms with van der Waals surface area (Å²) in [6.07, 6.45) is -3.03. The van der Waals surface area contributed by atoms with Gasteiger partial charge in [-0.3, -0.25) is 23.7 Å². The molecule has 4 aliphatic rings. The maximum atomic E-state index is 13.6. The molecule has 7 unspecified atom stereocenters. The van der Waals surface area contributed by atoms with Crippen molar-refractivity contribution in [2.45, 2.75) is 107 Å². The molecule has 0 aromatic rings. The lowest BCUT2D eigenvalue weighted by atomic mass is 9.78. The average molecular weight is 569 g/mol. The van der Waals surface area contributed by atoms with E-state index in [1.165, 1.54) is 0 Å². The highest BCUT2D eigenvalue weighted by atomic mass is 32.2. The third-order valence-corrected chi connectivity index (χ3v) is 8.66. The van der Waals surface area contributed by atoms with Crippen molar-refractivity contribution in [3.63, 3.8) is 0 Å². The molecule has 214 valence electrons. The van der Waals surface area contributed by atoms with Crippen LogP contribution >= 0.6 is 0 Å². The highest BCUT2D eigenvalue weighted by molar-refractivity contribution is 7.86. The average Bonchev–Trinajstić information content (AvgIpc) is 3.55. The molecule has 38 heavy (non-hydrogen) atoms. The number of fused-ring (bicyclic) bond motifs is 1. The van der Waals surface area contributed by atoms with Gasteiger partial charge in [-0.05, 0) is 39.0 Å². The molecule has 3 saturated heterocycles. The molecule has 3 aliphatic heterocycles. The summed E-state index contributed by atoms with van der Waals surface area (Å²) in [4.78, 5) is 50.1. The smallest absolute Gasteiger partial charge is 0.405 e. The van der Waals surface area contributed by atoms with Crippen LogP contribution in [0.15, 0.2) is 0 Å². The van der Waals surface area contributed by atoms with Gasteiger partial charge in [0.15, 0.2) is 18.3 Å². The highest BCUT2D eigenvalue weighted by Crippen LogP contribution is 2.52. The number of hydrogen-bond acceptors (Lipinski definition) is 11. The van der Waals surface area contributed by atoms with Crippen LogP contribution in [0.2, 0.25) is 0 Å². The molecular formula is C23H30F2O12S. The van der Waals surface area contributed by atoms with Crippen molar-refractivity contribution in [3.05, 3.63) is 0 Å². The number of rotatable bonds is 11. The lowest BCUT2D eigenvalue weighted by Gasteiger charge is -2.33. The largest absolute Gasteiger partial charge is 0.459 e. The Kier molecular flexibility index (Phi) is 7.76. The van der Waals surface area contributed by atoms with Gasteiger partial charge < -0.3 is 23.7 Å². The summed E-state index contributed by atoms with van der Waals surface area (Å²) in [6.45, 7) is 2.55. The Morgan fingerprint density at radius 2 is 1.76 bits per heavy atom. The van der Waals surface area contributed by atoms with Crippen LogP contribution in [0.1, 0.15) is 65.2 Å². The predicted octanol–water partition coefficient (Wildman–Crippen LogP) is 1.69. The predicted molar refractivity (Wildman–Crippen MR) is 119 cm³/mol. The molecule has 12 nitrogen and oxygen atoms in total. The van der Waals surface area contributed by atoms with E-state index < -0.39 is 100 Å². The van der Waals surface area contributed by atoms with E-state index in [2.05, 4.69) is 4.74 Å². The molecule has 0 aromatic carbocycles. The van der Waals surface area contributed by atoms with E-state index in [1.54, 1.807) is 0 Å². The first kappa shape index (κ1) is 28.6. The number of hydrogen-bond donors (Lipinski definition) is 1. The monoisotopic (exact) mass is 568 g/mol. The summed E-state index contributed by atoms with van der Waals surface area (Å²) < 4.78 is 84.0. The van der Waals surface area contributed by atoms with Crippen molar-refractivity contribution in [3.8, 4) is 0 Å². The number of carbonyl (C=O) groups excluding carboxylic acids is 4. The van der Waals surface area contributed by atoms with Gasteiger partial charge in [0.2, 0.25) is 0 Å². The maximum absolute atomic E-state index is 13.6. The zero-order valence-electron chi connectivity index (χ0n) is 20.8. The molecule has 1 aliphatic carbocycles. The van der Waals surface area contributed by atoms with E-state index in [9.17, 15) is 36.4 Å². The first-order valence-electron chi connectivity index (χ1n) is 12.5. The second-order valence-electron chi connectivity index (χ2n) is 10.2. The Labute approximate surface area is 217 Å². The van der Waals surface area contributed by atoms with Gasteiger partial charge in [-0.15, -0.1) is 0 Å². The number of alkyl halides is 2. The molecule has 0 radical (unpaired) electrons. The Morgan fingerprint density at radius 1 is 1.13 bits per heavy atom. The van der Waals surface area contributed by atoms with Crippen LogP contribution in [-0.2, 0) is 53.0 Å². The van der Waals surface area contributed by atoms with E-state index in [0.717, 1.165) is 32.1 Å². The minimum Gasteiger partial charge on any atom is -0.459 e. The van der Waals surface area contributed by atoms with Gasteiger partial charge in [0.05, 0.1) is 12.8 Å². The van der Waals surface area contributed by atoms with Crippen molar-refractivity contribution in [1.29, 1.82) is 0 Å². The van der Waals surface area contributed by atoms with Crippen LogP contribution < -0.4 is 0 Å². The minimum atomic E-state index is -5.83. The molecule has 0 aromatic heterocycles.